The van der Waals surface area contributed by atoms with E-state index in [0.717, 1.165) is 0 Å². The molecule has 3 aromatic carbocycles. The van der Waals surface area contributed by atoms with Crippen LogP contribution in [0.15, 0.2) is 71.6 Å². The van der Waals surface area contributed by atoms with E-state index in [4.69, 9.17) is 0 Å². The molecular formula is C24H19NO5S. The molecule has 1 aliphatic carbocycles. The second kappa shape index (κ2) is 7.59. The smallest absolute Gasteiger partial charge is 0.255 e. The van der Waals surface area contributed by atoms with E-state index in [1.165, 1.54) is 24.3 Å². The van der Waals surface area contributed by atoms with E-state index in [2.05, 4.69) is 5.32 Å². The van der Waals surface area contributed by atoms with Crippen molar-refractivity contribution in [2.75, 3.05) is 5.32 Å². The zero-order chi connectivity index (χ0) is 22.3. The van der Waals surface area contributed by atoms with Crippen LogP contribution in [0.3, 0.4) is 0 Å². The number of carbonyl (C=O) groups excluding carboxylic acids is 3. The van der Waals surface area contributed by atoms with Gasteiger partial charge in [-0.3, -0.25) is 14.4 Å². The van der Waals surface area contributed by atoms with Gasteiger partial charge in [-0.15, -0.1) is 0 Å². The molecule has 1 N–H and O–H groups in total. The maximum atomic E-state index is 13.0. The van der Waals surface area contributed by atoms with Gasteiger partial charge in [0.2, 0.25) is 0 Å². The predicted octanol–water partition coefficient (Wildman–Crippen LogP) is 3.90. The highest BCUT2D eigenvalue weighted by Crippen LogP contribution is 2.32. The van der Waals surface area contributed by atoms with Gasteiger partial charge >= 0.3 is 0 Å². The Morgan fingerprint density at radius 3 is 1.97 bits per heavy atom. The summed E-state index contributed by atoms with van der Waals surface area (Å²) in [6.45, 7) is 3.18. The highest BCUT2D eigenvalue weighted by molar-refractivity contribution is 7.92. The Kier molecular flexibility index (Phi) is 5.07. The minimum atomic E-state index is -3.45. The van der Waals surface area contributed by atoms with Crippen molar-refractivity contribution in [2.45, 2.75) is 24.0 Å². The summed E-state index contributed by atoms with van der Waals surface area (Å²) in [5, 5.41) is 2.11. The lowest BCUT2D eigenvalue weighted by Gasteiger charge is -2.20. The van der Waals surface area contributed by atoms with Gasteiger partial charge in [-0.05, 0) is 44.2 Å². The number of carbonyl (C=O) groups is 3. The van der Waals surface area contributed by atoms with Gasteiger partial charge in [0, 0.05) is 22.3 Å². The Bertz CT molecular complexity index is 1340. The van der Waals surface area contributed by atoms with E-state index in [9.17, 15) is 22.8 Å². The summed E-state index contributed by atoms with van der Waals surface area (Å²) in [5.74, 6) is -1.12. The number of ketones is 2. The van der Waals surface area contributed by atoms with E-state index >= 15 is 0 Å². The summed E-state index contributed by atoms with van der Waals surface area (Å²) in [5.41, 5.74) is 1.48. The first-order chi connectivity index (χ1) is 14.7. The molecule has 0 spiro atoms. The maximum Gasteiger partial charge on any atom is 0.255 e. The molecular weight excluding hydrogens is 414 g/mol. The first-order valence-corrected chi connectivity index (χ1v) is 11.2. The summed E-state index contributed by atoms with van der Waals surface area (Å²) in [4.78, 5) is 38.8. The van der Waals surface area contributed by atoms with Crippen LogP contribution in [0.25, 0.3) is 0 Å². The maximum absolute atomic E-state index is 13.0. The Hall–Kier alpha value is -3.58. The van der Waals surface area contributed by atoms with Gasteiger partial charge in [0.15, 0.2) is 21.4 Å². The molecule has 4 rings (SSSR count). The van der Waals surface area contributed by atoms with Crippen molar-refractivity contribution in [1.29, 1.82) is 0 Å². The number of fused-ring (bicyclic) bond motifs is 2. The summed E-state index contributed by atoms with van der Waals surface area (Å²) >= 11 is 0. The van der Waals surface area contributed by atoms with E-state index in [1.807, 2.05) is 0 Å². The molecule has 7 heteroatoms. The summed E-state index contributed by atoms with van der Waals surface area (Å²) in [7, 11) is -3.45. The van der Waals surface area contributed by atoms with Crippen LogP contribution in [0.2, 0.25) is 0 Å². The summed E-state index contributed by atoms with van der Waals surface area (Å²) < 4.78 is 24.5. The van der Waals surface area contributed by atoms with Crippen LogP contribution in [0.1, 0.15) is 56.0 Å². The van der Waals surface area contributed by atoms with E-state index in [-0.39, 0.29) is 38.8 Å². The molecule has 156 valence electrons. The van der Waals surface area contributed by atoms with Crippen LogP contribution in [-0.2, 0) is 9.84 Å². The molecule has 0 heterocycles. The van der Waals surface area contributed by atoms with Gasteiger partial charge in [-0.2, -0.15) is 0 Å². The SMILES string of the molecule is CC(C)S(=O)(=O)c1ccc(C(=O)Nc2cccc3c2C(=O)c2ccccc2C3=O)cc1. The Labute approximate surface area is 179 Å². The number of amides is 1. The summed E-state index contributed by atoms with van der Waals surface area (Å²) in [6, 6.07) is 16.9. The van der Waals surface area contributed by atoms with Crippen LogP contribution in [0, 0.1) is 0 Å². The lowest BCUT2D eigenvalue weighted by molar-refractivity contribution is 0.0978. The first-order valence-electron chi connectivity index (χ1n) is 9.68. The molecule has 1 aliphatic rings. The molecule has 0 aliphatic heterocycles. The Morgan fingerprint density at radius 2 is 1.35 bits per heavy atom. The highest BCUT2D eigenvalue weighted by Gasteiger charge is 2.31. The lowest BCUT2D eigenvalue weighted by Crippen LogP contribution is -2.24. The number of sulfone groups is 1. The van der Waals surface area contributed by atoms with Gasteiger partial charge in [0.25, 0.3) is 5.91 Å². The summed E-state index contributed by atoms with van der Waals surface area (Å²) in [6.07, 6.45) is 0. The highest BCUT2D eigenvalue weighted by atomic mass is 32.2. The normalized spacial score (nSPS) is 13.0. The molecule has 1 amide bonds. The van der Waals surface area contributed by atoms with Crippen LogP contribution < -0.4 is 5.32 Å². The molecule has 0 unspecified atom stereocenters. The fraction of sp³-hybridized carbons (Fsp3) is 0.125. The quantitative estimate of drug-likeness (QED) is 0.526. The third-order valence-electron chi connectivity index (χ3n) is 5.27. The number of hydrogen-bond donors (Lipinski definition) is 1. The van der Waals surface area contributed by atoms with Crippen molar-refractivity contribution in [3.63, 3.8) is 0 Å². The third kappa shape index (κ3) is 3.47. The average molecular weight is 433 g/mol. The van der Waals surface area contributed by atoms with Gasteiger partial charge < -0.3 is 5.32 Å². The van der Waals surface area contributed by atoms with Crippen molar-refractivity contribution in [3.8, 4) is 0 Å². The van der Waals surface area contributed by atoms with Crippen molar-refractivity contribution in [1.82, 2.24) is 0 Å². The largest absolute Gasteiger partial charge is 0.321 e. The standard InChI is InChI=1S/C24H19NO5S/c1-14(2)31(29,30)16-12-10-15(11-13-16)24(28)25-20-9-5-8-19-21(20)23(27)18-7-4-3-6-17(18)22(19)26/h3-14H,1-2H3,(H,25,28). The second-order valence-electron chi connectivity index (χ2n) is 7.50. The second-order valence-corrected chi connectivity index (χ2v) is 10.0. The molecule has 31 heavy (non-hydrogen) atoms. The number of hydrogen-bond acceptors (Lipinski definition) is 5. The molecule has 3 aromatic rings. The average Bonchev–Trinajstić information content (AvgIpc) is 2.77. The molecule has 0 bridgehead atoms. The topological polar surface area (TPSA) is 97.4 Å². The van der Waals surface area contributed by atoms with E-state index in [1.54, 1.807) is 56.3 Å². The van der Waals surface area contributed by atoms with Crippen molar-refractivity contribution in [3.05, 3.63) is 94.5 Å². The Morgan fingerprint density at radius 1 is 0.774 bits per heavy atom. The molecule has 0 atom stereocenters. The van der Waals surface area contributed by atoms with Crippen molar-refractivity contribution >= 4 is 33.0 Å². The predicted molar refractivity (Wildman–Crippen MR) is 116 cm³/mol. The number of nitrogens with one attached hydrogen (secondary N) is 1. The van der Waals surface area contributed by atoms with E-state index in [0.29, 0.717) is 11.1 Å². The van der Waals surface area contributed by atoms with Crippen molar-refractivity contribution < 1.29 is 22.8 Å². The Balaban J connectivity index is 1.67. The van der Waals surface area contributed by atoms with Gasteiger partial charge in [-0.1, -0.05) is 36.4 Å². The fourth-order valence-electron chi connectivity index (χ4n) is 3.51. The third-order valence-corrected chi connectivity index (χ3v) is 7.44. The zero-order valence-electron chi connectivity index (χ0n) is 16.9. The molecule has 6 nitrogen and oxygen atoms in total. The fourth-order valence-corrected chi connectivity index (χ4v) is 4.57. The van der Waals surface area contributed by atoms with Crippen molar-refractivity contribution in [2.24, 2.45) is 0 Å². The molecule has 0 saturated heterocycles. The van der Waals surface area contributed by atoms with Gasteiger partial charge in [0.1, 0.15) is 0 Å². The number of rotatable bonds is 4. The zero-order valence-corrected chi connectivity index (χ0v) is 17.7. The minimum absolute atomic E-state index is 0.133. The van der Waals surface area contributed by atoms with E-state index < -0.39 is 21.0 Å². The van der Waals surface area contributed by atoms with Crippen LogP contribution in [0.5, 0.6) is 0 Å². The van der Waals surface area contributed by atoms with Gasteiger partial charge in [-0.25, -0.2) is 8.42 Å². The molecule has 0 aromatic heterocycles. The first kappa shape index (κ1) is 20.7. The lowest BCUT2D eigenvalue weighted by atomic mass is 9.83. The number of anilines is 1. The monoisotopic (exact) mass is 433 g/mol. The van der Waals surface area contributed by atoms with Crippen LogP contribution in [0.4, 0.5) is 5.69 Å². The molecule has 0 fully saturated rings. The molecule has 0 saturated carbocycles. The molecule has 0 radical (unpaired) electrons. The van der Waals surface area contributed by atoms with Crippen LogP contribution >= 0.6 is 0 Å². The van der Waals surface area contributed by atoms with Crippen LogP contribution in [-0.4, -0.2) is 31.1 Å². The van der Waals surface area contributed by atoms with Gasteiger partial charge in [0.05, 0.1) is 21.4 Å². The number of benzene rings is 3. The minimum Gasteiger partial charge on any atom is -0.321 e.